The minimum Gasteiger partial charge on any atom is -0.494 e. The number of hydrogen-bond acceptors (Lipinski definition) is 6. The number of fused-ring (bicyclic) bond motifs is 3. The summed E-state index contributed by atoms with van der Waals surface area (Å²) in [5.41, 5.74) is 5.08. The number of hydrogen-bond donors (Lipinski definition) is 2. The number of nitrogens with two attached hydrogens (primary N) is 1. The molecule has 4 atom stereocenters. The standard InChI is InChI=1S/C21H30N2O5/c22-20(24)15-2-4-17(5-3-15)28-9-1-8-23-12-16-13-27-11-7-21(16,25)18-14-26-10-6-19(18)23/h2-5,16,18-19,25H,1,6-14H2,(H2,22,24)/t16-,18+,19-,21-/m1/s1. The van der Waals surface area contributed by atoms with E-state index < -0.39 is 11.5 Å². The van der Waals surface area contributed by atoms with Gasteiger partial charge in [0.05, 0.1) is 25.4 Å². The first-order chi connectivity index (χ1) is 13.6. The SMILES string of the molecule is NC(=O)c1ccc(OCCCN2C[C@@H]3COCC[C@]3(O)[C@H]3COCC[C@H]32)cc1. The Morgan fingerprint density at radius 3 is 2.82 bits per heavy atom. The van der Waals surface area contributed by atoms with E-state index in [1.54, 1.807) is 24.3 Å². The smallest absolute Gasteiger partial charge is 0.248 e. The molecule has 3 saturated heterocycles. The van der Waals surface area contributed by atoms with Crippen LogP contribution in [-0.2, 0) is 9.47 Å². The van der Waals surface area contributed by atoms with Gasteiger partial charge in [0.25, 0.3) is 0 Å². The molecule has 0 unspecified atom stereocenters. The molecule has 3 fully saturated rings. The first kappa shape index (κ1) is 19.6. The van der Waals surface area contributed by atoms with Gasteiger partial charge in [-0.1, -0.05) is 0 Å². The number of piperidine rings is 1. The molecule has 4 rings (SSSR count). The monoisotopic (exact) mass is 390 g/mol. The molecule has 0 bridgehead atoms. The molecule has 7 heteroatoms. The number of benzene rings is 1. The van der Waals surface area contributed by atoms with Crippen LogP contribution in [0.2, 0.25) is 0 Å². The molecule has 3 aliphatic rings. The van der Waals surface area contributed by atoms with Gasteiger partial charge < -0.3 is 25.1 Å². The molecule has 3 aliphatic heterocycles. The fourth-order valence-electron chi connectivity index (χ4n) is 5.00. The number of rotatable bonds is 6. The lowest BCUT2D eigenvalue weighted by Crippen LogP contribution is -2.68. The van der Waals surface area contributed by atoms with E-state index in [-0.39, 0.29) is 11.8 Å². The third kappa shape index (κ3) is 3.89. The van der Waals surface area contributed by atoms with Crippen LogP contribution in [0.1, 0.15) is 29.6 Å². The number of primary amides is 1. The van der Waals surface area contributed by atoms with Crippen molar-refractivity contribution in [2.75, 3.05) is 46.1 Å². The fourth-order valence-corrected chi connectivity index (χ4v) is 5.00. The maximum Gasteiger partial charge on any atom is 0.248 e. The Labute approximate surface area is 165 Å². The van der Waals surface area contributed by atoms with Gasteiger partial charge in [0.2, 0.25) is 5.91 Å². The third-order valence-corrected chi connectivity index (χ3v) is 6.56. The molecule has 154 valence electrons. The van der Waals surface area contributed by atoms with Crippen LogP contribution < -0.4 is 10.5 Å². The Hall–Kier alpha value is -1.67. The van der Waals surface area contributed by atoms with E-state index in [2.05, 4.69) is 4.90 Å². The van der Waals surface area contributed by atoms with Crippen molar-refractivity contribution in [2.45, 2.75) is 30.9 Å². The zero-order valence-corrected chi connectivity index (χ0v) is 16.2. The maximum atomic E-state index is 11.3. The minimum atomic E-state index is -0.654. The number of ether oxygens (including phenoxy) is 3. The Kier molecular flexibility index (Phi) is 5.87. The number of aliphatic hydroxyl groups is 1. The van der Waals surface area contributed by atoms with Crippen LogP contribution in [0, 0.1) is 11.8 Å². The van der Waals surface area contributed by atoms with Crippen LogP contribution in [0.5, 0.6) is 5.75 Å². The Morgan fingerprint density at radius 2 is 2.04 bits per heavy atom. The largest absolute Gasteiger partial charge is 0.494 e. The fraction of sp³-hybridized carbons (Fsp3) is 0.667. The van der Waals surface area contributed by atoms with Crippen molar-refractivity contribution in [3.8, 4) is 5.75 Å². The van der Waals surface area contributed by atoms with E-state index in [0.29, 0.717) is 44.5 Å². The molecule has 0 radical (unpaired) electrons. The summed E-state index contributed by atoms with van der Waals surface area (Å²) in [6, 6.07) is 7.27. The van der Waals surface area contributed by atoms with Gasteiger partial charge in [0.1, 0.15) is 5.75 Å². The predicted octanol–water partition coefficient (Wildman–Crippen LogP) is 1.04. The maximum absolute atomic E-state index is 11.3. The highest BCUT2D eigenvalue weighted by atomic mass is 16.5. The zero-order valence-electron chi connectivity index (χ0n) is 16.2. The quantitative estimate of drug-likeness (QED) is 0.705. The predicted molar refractivity (Wildman–Crippen MR) is 103 cm³/mol. The second-order valence-corrected chi connectivity index (χ2v) is 8.14. The highest BCUT2D eigenvalue weighted by Gasteiger charge is 2.54. The summed E-state index contributed by atoms with van der Waals surface area (Å²) < 4.78 is 17.2. The summed E-state index contributed by atoms with van der Waals surface area (Å²) in [4.78, 5) is 13.6. The lowest BCUT2D eigenvalue weighted by molar-refractivity contribution is -0.219. The molecule has 3 N–H and O–H groups in total. The van der Waals surface area contributed by atoms with Crippen molar-refractivity contribution >= 4 is 5.91 Å². The van der Waals surface area contributed by atoms with E-state index in [0.717, 1.165) is 38.3 Å². The van der Waals surface area contributed by atoms with Crippen LogP contribution >= 0.6 is 0 Å². The van der Waals surface area contributed by atoms with Crippen LogP contribution in [0.3, 0.4) is 0 Å². The van der Waals surface area contributed by atoms with E-state index in [9.17, 15) is 9.90 Å². The number of carbonyl (C=O) groups excluding carboxylic acids is 1. The molecular formula is C21H30N2O5. The molecule has 1 aromatic carbocycles. The third-order valence-electron chi connectivity index (χ3n) is 6.56. The molecule has 0 aliphatic carbocycles. The van der Waals surface area contributed by atoms with Crippen LogP contribution in [-0.4, -0.2) is 73.7 Å². The highest BCUT2D eigenvalue weighted by molar-refractivity contribution is 5.92. The van der Waals surface area contributed by atoms with Crippen LogP contribution in [0.25, 0.3) is 0 Å². The Bertz CT molecular complexity index is 682. The number of carbonyl (C=O) groups is 1. The molecule has 0 aromatic heterocycles. The first-order valence-electron chi connectivity index (χ1n) is 10.2. The first-order valence-corrected chi connectivity index (χ1v) is 10.2. The molecule has 0 saturated carbocycles. The van der Waals surface area contributed by atoms with Crippen molar-refractivity contribution in [3.05, 3.63) is 29.8 Å². The van der Waals surface area contributed by atoms with Gasteiger partial charge in [0.15, 0.2) is 0 Å². The molecule has 7 nitrogen and oxygen atoms in total. The summed E-state index contributed by atoms with van der Waals surface area (Å²) in [6.07, 6.45) is 2.57. The van der Waals surface area contributed by atoms with Gasteiger partial charge in [-0.15, -0.1) is 0 Å². The lowest BCUT2D eigenvalue weighted by Gasteiger charge is -2.57. The Balaban J connectivity index is 1.32. The van der Waals surface area contributed by atoms with Gasteiger partial charge >= 0.3 is 0 Å². The molecule has 1 aromatic rings. The van der Waals surface area contributed by atoms with Crippen LogP contribution in [0.4, 0.5) is 0 Å². The topological polar surface area (TPSA) is 94.3 Å². The van der Waals surface area contributed by atoms with Gasteiger partial charge in [0, 0.05) is 56.2 Å². The van der Waals surface area contributed by atoms with Crippen molar-refractivity contribution < 1.29 is 24.1 Å². The van der Waals surface area contributed by atoms with E-state index in [1.165, 1.54) is 0 Å². The van der Waals surface area contributed by atoms with E-state index >= 15 is 0 Å². The zero-order chi connectivity index (χ0) is 19.6. The molecular weight excluding hydrogens is 360 g/mol. The second-order valence-electron chi connectivity index (χ2n) is 8.14. The molecule has 1 amide bonds. The highest BCUT2D eigenvalue weighted by Crippen LogP contribution is 2.44. The van der Waals surface area contributed by atoms with Crippen molar-refractivity contribution in [3.63, 3.8) is 0 Å². The minimum absolute atomic E-state index is 0.145. The molecule has 28 heavy (non-hydrogen) atoms. The summed E-state index contributed by atoms with van der Waals surface area (Å²) >= 11 is 0. The van der Waals surface area contributed by atoms with E-state index in [4.69, 9.17) is 19.9 Å². The summed E-state index contributed by atoms with van der Waals surface area (Å²) in [5, 5.41) is 11.3. The van der Waals surface area contributed by atoms with E-state index in [1.807, 2.05) is 0 Å². The molecule has 3 heterocycles. The van der Waals surface area contributed by atoms with Crippen molar-refractivity contribution in [1.82, 2.24) is 4.90 Å². The van der Waals surface area contributed by atoms with Crippen molar-refractivity contribution in [2.24, 2.45) is 17.6 Å². The normalized spacial score (nSPS) is 33.0. The number of amides is 1. The lowest BCUT2D eigenvalue weighted by atomic mass is 9.66. The summed E-state index contributed by atoms with van der Waals surface area (Å²) in [5.74, 6) is 0.606. The van der Waals surface area contributed by atoms with Gasteiger partial charge in [-0.3, -0.25) is 9.69 Å². The second kappa shape index (κ2) is 8.37. The van der Waals surface area contributed by atoms with Crippen LogP contribution in [0.15, 0.2) is 24.3 Å². The average molecular weight is 390 g/mol. The summed E-state index contributed by atoms with van der Waals surface area (Å²) in [6.45, 7) is 5.05. The summed E-state index contributed by atoms with van der Waals surface area (Å²) in [7, 11) is 0. The van der Waals surface area contributed by atoms with Gasteiger partial charge in [-0.25, -0.2) is 0 Å². The Morgan fingerprint density at radius 1 is 1.25 bits per heavy atom. The average Bonchev–Trinajstić information content (AvgIpc) is 2.72. The van der Waals surface area contributed by atoms with Gasteiger partial charge in [-0.05, 0) is 37.1 Å². The van der Waals surface area contributed by atoms with Gasteiger partial charge in [-0.2, -0.15) is 0 Å². The number of nitrogens with zero attached hydrogens (tertiary/aromatic N) is 1. The molecule has 0 spiro atoms. The number of likely N-dealkylation sites (tertiary alicyclic amines) is 1. The van der Waals surface area contributed by atoms with Crippen molar-refractivity contribution in [1.29, 1.82) is 0 Å².